The van der Waals surface area contributed by atoms with Gasteiger partial charge in [0.2, 0.25) is 0 Å². The summed E-state index contributed by atoms with van der Waals surface area (Å²) in [6, 6.07) is 14.5. The van der Waals surface area contributed by atoms with E-state index >= 15 is 0 Å². The smallest absolute Gasteiger partial charge is 0.118 e. The Balaban J connectivity index is 0.000000284. The maximum atomic E-state index is 8.92. The van der Waals surface area contributed by atoms with E-state index in [-0.39, 0.29) is 23.1 Å². The van der Waals surface area contributed by atoms with Gasteiger partial charge in [-0.15, -0.1) is 0 Å². The molecule has 2 aromatic carbocycles. The van der Waals surface area contributed by atoms with E-state index in [0.29, 0.717) is 11.5 Å². The second-order valence-electron chi connectivity index (χ2n) is 3.57. The van der Waals surface area contributed by atoms with Crippen LogP contribution in [-0.4, -0.2) is 33.3 Å². The van der Waals surface area contributed by atoms with Gasteiger partial charge in [0.15, 0.2) is 0 Å². The minimum Gasteiger partial charge on any atom is -0.508 e. The predicted molar refractivity (Wildman–Crippen MR) is 71.4 cm³/mol. The Morgan fingerprint density at radius 3 is 1.12 bits per heavy atom. The van der Waals surface area contributed by atoms with Crippen LogP contribution >= 0.6 is 0 Å². The van der Waals surface area contributed by atoms with Crippen LogP contribution in [0.1, 0.15) is 11.1 Å². The Kier molecular flexibility index (Phi) is 7.42. The highest BCUT2D eigenvalue weighted by molar-refractivity contribution is 5.75. The molecule has 0 amide bonds. The second-order valence-corrected chi connectivity index (χ2v) is 3.57. The maximum Gasteiger partial charge on any atom is 0.118 e. The van der Waals surface area contributed by atoms with E-state index in [2.05, 4.69) is 0 Å². The molecule has 0 fully saturated rings. The first-order valence-electron chi connectivity index (χ1n) is 5.10. The maximum absolute atomic E-state index is 8.92. The summed E-state index contributed by atoms with van der Waals surface area (Å²) in [5.41, 5.74) is 1.85. The molecule has 0 saturated heterocycles. The van der Waals surface area contributed by atoms with E-state index in [1.165, 1.54) is 0 Å². The van der Waals surface area contributed by atoms with Crippen LogP contribution in [0, 0.1) is 13.8 Å². The van der Waals surface area contributed by atoms with Crippen molar-refractivity contribution in [1.29, 1.82) is 0 Å². The third kappa shape index (κ3) is 5.61. The van der Waals surface area contributed by atoms with Crippen LogP contribution in [-0.2, 0) is 0 Å². The van der Waals surface area contributed by atoms with E-state index < -0.39 is 0 Å². The van der Waals surface area contributed by atoms with Gasteiger partial charge in [0.25, 0.3) is 0 Å². The number of phenolic OH excluding ortho intramolecular Hbond substituents is 2. The second kappa shape index (κ2) is 7.98. The molecule has 3 heteroatoms. The lowest BCUT2D eigenvalue weighted by Gasteiger charge is -1.92. The summed E-state index contributed by atoms with van der Waals surface area (Å²) in [4.78, 5) is 0. The summed E-state index contributed by atoms with van der Waals surface area (Å²) in [7, 11) is 0. The molecule has 0 atom stereocenters. The van der Waals surface area contributed by atoms with Crippen molar-refractivity contribution in [3.8, 4) is 11.5 Å². The van der Waals surface area contributed by atoms with Crippen LogP contribution in [0.3, 0.4) is 0 Å². The number of phenols is 2. The molecule has 2 rings (SSSR count). The Bertz CT molecular complexity index is 370. The van der Waals surface area contributed by atoms with Gasteiger partial charge in [-0.05, 0) is 37.1 Å². The Labute approximate surface area is 118 Å². The largest absolute Gasteiger partial charge is 0.508 e. The van der Waals surface area contributed by atoms with Crippen LogP contribution in [0.5, 0.6) is 11.5 Å². The number of aromatic hydroxyl groups is 2. The summed E-state index contributed by atoms with van der Waals surface area (Å²) in [5, 5.41) is 17.8. The molecule has 0 aliphatic carbocycles. The van der Waals surface area contributed by atoms with Gasteiger partial charge in [0.05, 0.1) is 0 Å². The van der Waals surface area contributed by atoms with Crippen molar-refractivity contribution in [2.45, 2.75) is 13.8 Å². The van der Waals surface area contributed by atoms with Crippen molar-refractivity contribution in [3.05, 3.63) is 59.7 Å². The average molecular weight is 241 g/mol. The minimum absolute atomic E-state index is 0. The third-order valence-corrected chi connectivity index (χ3v) is 2.23. The standard InChI is InChI=1S/2C7H8O.Mg/c2*1-6-4-2-3-5-7(6)8;/h2*2-5,8H,1H3;. The molecule has 17 heavy (non-hydrogen) atoms. The van der Waals surface area contributed by atoms with E-state index in [0.717, 1.165) is 11.1 Å². The molecule has 0 saturated carbocycles. The lowest BCUT2D eigenvalue weighted by molar-refractivity contribution is 0.470. The third-order valence-electron chi connectivity index (χ3n) is 2.23. The zero-order valence-electron chi connectivity index (χ0n) is 10.2. The Hall–Kier alpha value is -1.19. The fourth-order valence-electron chi connectivity index (χ4n) is 1.13. The fourth-order valence-corrected chi connectivity index (χ4v) is 1.13. The van der Waals surface area contributed by atoms with E-state index in [1.54, 1.807) is 12.1 Å². The first-order valence-corrected chi connectivity index (χ1v) is 5.10. The van der Waals surface area contributed by atoms with Crippen molar-refractivity contribution in [2.75, 3.05) is 0 Å². The molecule has 0 aliphatic heterocycles. The van der Waals surface area contributed by atoms with Gasteiger partial charge in [0.1, 0.15) is 11.5 Å². The predicted octanol–water partition coefficient (Wildman–Crippen LogP) is 3.02. The number of benzene rings is 2. The van der Waals surface area contributed by atoms with Crippen LogP contribution in [0.2, 0.25) is 0 Å². The zero-order chi connectivity index (χ0) is 12.0. The van der Waals surface area contributed by atoms with Gasteiger partial charge in [-0.3, -0.25) is 0 Å². The van der Waals surface area contributed by atoms with Gasteiger partial charge >= 0.3 is 0 Å². The van der Waals surface area contributed by atoms with Crippen molar-refractivity contribution < 1.29 is 10.2 Å². The van der Waals surface area contributed by atoms with Crippen LogP contribution < -0.4 is 0 Å². The van der Waals surface area contributed by atoms with Gasteiger partial charge in [0, 0.05) is 23.1 Å². The van der Waals surface area contributed by atoms with E-state index in [4.69, 9.17) is 10.2 Å². The average Bonchev–Trinajstić information content (AvgIpc) is 2.28. The molecule has 2 aromatic rings. The minimum atomic E-state index is 0. The molecule has 2 radical (unpaired) electrons. The Morgan fingerprint density at radius 2 is 0.941 bits per heavy atom. The SMILES string of the molecule is Cc1ccccc1O.Cc1ccccc1O.[Mg]. The molecule has 86 valence electrons. The molecule has 2 nitrogen and oxygen atoms in total. The van der Waals surface area contributed by atoms with Gasteiger partial charge in [-0.25, -0.2) is 0 Å². The number of para-hydroxylation sites is 2. The van der Waals surface area contributed by atoms with Crippen molar-refractivity contribution in [3.63, 3.8) is 0 Å². The van der Waals surface area contributed by atoms with Crippen molar-refractivity contribution in [1.82, 2.24) is 0 Å². The normalized spacial score (nSPS) is 8.59. The highest BCUT2D eigenvalue weighted by Crippen LogP contribution is 2.12. The molecule has 0 spiro atoms. The molecular weight excluding hydrogens is 224 g/mol. The summed E-state index contributed by atoms with van der Waals surface area (Å²) in [6.45, 7) is 3.74. The van der Waals surface area contributed by atoms with E-state index in [1.807, 2.05) is 50.2 Å². The first-order chi connectivity index (χ1) is 7.61. The van der Waals surface area contributed by atoms with Gasteiger partial charge < -0.3 is 10.2 Å². The van der Waals surface area contributed by atoms with E-state index in [9.17, 15) is 0 Å². The topological polar surface area (TPSA) is 40.5 Å². The molecular formula is C14H16MgO2. The summed E-state index contributed by atoms with van der Waals surface area (Å²) >= 11 is 0. The van der Waals surface area contributed by atoms with Crippen molar-refractivity contribution in [2.24, 2.45) is 0 Å². The van der Waals surface area contributed by atoms with Gasteiger partial charge in [-0.1, -0.05) is 36.4 Å². The molecule has 0 aromatic heterocycles. The molecule has 0 unspecified atom stereocenters. The summed E-state index contributed by atoms with van der Waals surface area (Å²) < 4.78 is 0. The monoisotopic (exact) mass is 240 g/mol. The van der Waals surface area contributed by atoms with Gasteiger partial charge in [-0.2, -0.15) is 0 Å². The lowest BCUT2D eigenvalue weighted by Crippen LogP contribution is -1.68. The van der Waals surface area contributed by atoms with Crippen molar-refractivity contribution >= 4 is 23.1 Å². The van der Waals surface area contributed by atoms with Crippen LogP contribution in [0.4, 0.5) is 0 Å². The number of rotatable bonds is 0. The number of hydrogen-bond donors (Lipinski definition) is 2. The molecule has 2 N–H and O–H groups in total. The molecule has 0 bridgehead atoms. The summed E-state index contributed by atoms with van der Waals surface area (Å²) in [5.74, 6) is 0.736. The van der Waals surface area contributed by atoms with Crippen LogP contribution in [0.25, 0.3) is 0 Å². The summed E-state index contributed by atoms with van der Waals surface area (Å²) in [6.07, 6.45) is 0. The fraction of sp³-hybridized carbons (Fsp3) is 0.143. The number of aryl methyl sites for hydroxylation is 2. The molecule has 0 aliphatic rings. The molecule has 0 heterocycles. The number of hydrogen-bond acceptors (Lipinski definition) is 2. The highest BCUT2D eigenvalue weighted by atomic mass is 24.3. The highest BCUT2D eigenvalue weighted by Gasteiger charge is 1.87. The zero-order valence-corrected chi connectivity index (χ0v) is 11.6. The quantitative estimate of drug-likeness (QED) is 0.695. The first kappa shape index (κ1) is 15.8. The lowest BCUT2D eigenvalue weighted by atomic mass is 10.2. The van der Waals surface area contributed by atoms with Crippen LogP contribution in [0.15, 0.2) is 48.5 Å². The Morgan fingerprint density at radius 1 is 0.647 bits per heavy atom.